The van der Waals surface area contributed by atoms with Gasteiger partial charge in [0, 0.05) is 6.04 Å². The molecule has 6 nitrogen and oxygen atoms in total. The van der Waals surface area contributed by atoms with Gasteiger partial charge in [0.1, 0.15) is 12.1 Å². The van der Waals surface area contributed by atoms with Gasteiger partial charge in [-0.25, -0.2) is 4.79 Å². The fourth-order valence-electron chi connectivity index (χ4n) is 4.32. The number of urea groups is 1. The number of carbonyl (C=O) groups is 3. The minimum atomic E-state index is -0.826. The van der Waals surface area contributed by atoms with Gasteiger partial charge in [0.15, 0.2) is 0 Å². The molecule has 1 heterocycles. The normalized spacial score (nSPS) is 28.8. The van der Waals surface area contributed by atoms with E-state index in [1.807, 2.05) is 13.8 Å². The molecule has 1 aliphatic heterocycles. The molecular formula is C19H33N3O3. The molecule has 0 aromatic rings. The number of hydrogen-bond donors (Lipinski definition) is 2. The van der Waals surface area contributed by atoms with E-state index in [0.29, 0.717) is 24.7 Å². The third-order valence-corrected chi connectivity index (χ3v) is 5.95. The van der Waals surface area contributed by atoms with Crippen molar-refractivity contribution >= 4 is 17.8 Å². The molecule has 0 spiro atoms. The van der Waals surface area contributed by atoms with Crippen molar-refractivity contribution in [2.45, 2.75) is 84.2 Å². The van der Waals surface area contributed by atoms with Gasteiger partial charge in [-0.2, -0.15) is 0 Å². The Morgan fingerprint density at radius 1 is 1.20 bits per heavy atom. The van der Waals surface area contributed by atoms with Gasteiger partial charge in [-0.1, -0.05) is 53.4 Å². The highest BCUT2D eigenvalue weighted by atomic mass is 16.2. The summed E-state index contributed by atoms with van der Waals surface area (Å²) in [6, 6.07) is -0.305. The quantitative estimate of drug-likeness (QED) is 0.692. The number of amides is 4. The Morgan fingerprint density at radius 3 is 2.44 bits per heavy atom. The molecule has 1 saturated carbocycles. The van der Waals surface area contributed by atoms with E-state index in [2.05, 4.69) is 24.5 Å². The highest BCUT2D eigenvalue weighted by Gasteiger charge is 2.50. The Kier molecular flexibility index (Phi) is 6.47. The molecule has 142 valence electrons. The third-order valence-electron chi connectivity index (χ3n) is 5.95. The maximum Gasteiger partial charge on any atom is 0.325 e. The standard InChI is InChI=1S/C19H33N3O3/c1-5-10-19(11-6-2)17(24)22(18(25)21-19)12-16(23)20-15-9-7-8-13(3)14(15)4/h13-15H,5-12H2,1-4H3,(H,20,23)(H,21,25). The summed E-state index contributed by atoms with van der Waals surface area (Å²) in [5, 5.41) is 5.90. The number of imide groups is 1. The number of rotatable bonds is 7. The second-order valence-electron chi connectivity index (χ2n) is 7.84. The van der Waals surface area contributed by atoms with Crippen LogP contribution in [0.3, 0.4) is 0 Å². The van der Waals surface area contributed by atoms with Crippen LogP contribution in [-0.2, 0) is 9.59 Å². The van der Waals surface area contributed by atoms with Crippen LogP contribution < -0.4 is 10.6 Å². The molecular weight excluding hydrogens is 318 g/mol. The van der Waals surface area contributed by atoms with E-state index in [0.717, 1.165) is 30.6 Å². The molecule has 0 aromatic carbocycles. The molecule has 0 bridgehead atoms. The molecule has 0 radical (unpaired) electrons. The van der Waals surface area contributed by atoms with Crippen LogP contribution in [0.25, 0.3) is 0 Å². The van der Waals surface area contributed by atoms with Gasteiger partial charge in [0.2, 0.25) is 5.91 Å². The third kappa shape index (κ3) is 4.15. The predicted molar refractivity (Wildman–Crippen MR) is 96.9 cm³/mol. The molecule has 2 aliphatic rings. The highest BCUT2D eigenvalue weighted by molar-refractivity contribution is 6.09. The average molecular weight is 351 g/mol. The summed E-state index contributed by atoms with van der Waals surface area (Å²) in [7, 11) is 0. The summed E-state index contributed by atoms with van der Waals surface area (Å²) in [4.78, 5) is 38.7. The van der Waals surface area contributed by atoms with Crippen molar-refractivity contribution in [1.29, 1.82) is 0 Å². The van der Waals surface area contributed by atoms with E-state index in [1.54, 1.807) is 0 Å². The maximum absolute atomic E-state index is 12.8. The van der Waals surface area contributed by atoms with Crippen molar-refractivity contribution in [3.63, 3.8) is 0 Å². The zero-order valence-electron chi connectivity index (χ0n) is 16.1. The lowest BCUT2D eigenvalue weighted by molar-refractivity contribution is -0.135. The Morgan fingerprint density at radius 2 is 1.84 bits per heavy atom. The minimum Gasteiger partial charge on any atom is -0.352 e. The zero-order chi connectivity index (χ0) is 18.6. The van der Waals surface area contributed by atoms with Crippen LogP contribution in [-0.4, -0.2) is 40.9 Å². The smallest absolute Gasteiger partial charge is 0.325 e. The Bertz CT molecular complexity index is 514. The predicted octanol–water partition coefficient (Wildman–Crippen LogP) is 2.82. The van der Waals surface area contributed by atoms with E-state index in [4.69, 9.17) is 0 Å². The Hall–Kier alpha value is -1.59. The van der Waals surface area contributed by atoms with Crippen molar-refractivity contribution in [2.75, 3.05) is 6.54 Å². The molecule has 1 aliphatic carbocycles. The topological polar surface area (TPSA) is 78.5 Å². The summed E-state index contributed by atoms with van der Waals surface area (Å²) in [5.41, 5.74) is -0.826. The van der Waals surface area contributed by atoms with E-state index in [9.17, 15) is 14.4 Å². The summed E-state index contributed by atoms with van der Waals surface area (Å²) >= 11 is 0. The lowest BCUT2D eigenvalue weighted by Crippen LogP contribution is -2.49. The largest absolute Gasteiger partial charge is 0.352 e. The van der Waals surface area contributed by atoms with Crippen molar-refractivity contribution in [3.8, 4) is 0 Å². The van der Waals surface area contributed by atoms with Gasteiger partial charge in [0.05, 0.1) is 0 Å². The van der Waals surface area contributed by atoms with Crippen LogP contribution in [0, 0.1) is 11.8 Å². The van der Waals surface area contributed by atoms with Crippen molar-refractivity contribution in [2.24, 2.45) is 11.8 Å². The first-order chi connectivity index (χ1) is 11.8. The van der Waals surface area contributed by atoms with Gasteiger partial charge in [-0.15, -0.1) is 0 Å². The molecule has 6 heteroatoms. The van der Waals surface area contributed by atoms with Crippen molar-refractivity contribution in [1.82, 2.24) is 15.5 Å². The van der Waals surface area contributed by atoms with Crippen LogP contribution in [0.4, 0.5) is 4.79 Å². The monoisotopic (exact) mass is 351 g/mol. The van der Waals surface area contributed by atoms with E-state index >= 15 is 0 Å². The van der Waals surface area contributed by atoms with Crippen LogP contribution in [0.2, 0.25) is 0 Å². The molecule has 2 rings (SSSR count). The number of nitrogens with one attached hydrogen (secondary N) is 2. The van der Waals surface area contributed by atoms with Gasteiger partial charge >= 0.3 is 6.03 Å². The second kappa shape index (κ2) is 8.19. The van der Waals surface area contributed by atoms with Crippen LogP contribution in [0.15, 0.2) is 0 Å². The maximum atomic E-state index is 12.8. The molecule has 0 aromatic heterocycles. The average Bonchev–Trinajstić information content (AvgIpc) is 2.77. The zero-order valence-corrected chi connectivity index (χ0v) is 16.1. The molecule has 25 heavy (non-hydrogen) atoms. The summed E-state index contributed by atoms with van der Waals surface area (Å²) < 4.78 is 0. The number of hydrogen-bond acceptors (Lipinski definition) is 3. The van der Waals surface area contributed by atoms with Crippen LogP contribution in [0.1, 0.15) is 72.6 Å². The molecule has 3 atom stereocenters. The molecule has 3 unspecified atom stereocenters. The van der Waals surface area contributed by atoms with E-state index < -0.39 is 11.6 Å². The Labute approximate surface area is 151 Å². The van der Waals surface area contributed by atoms with Crippen molar-refractivity contribution < 1.29 is 14.4 Å². The lowest BCUT2D eigenvalue weighted by Gasteiger charge is -2.34. The lowest BCUT2D eigenvalue weighted by atomic mass is 9.78. The molecule has 2 fully saturated rings. The summed E-state index contributed by atoms with van der Waals surface area (Å²) in [6.45, 7) is 8.19. The van der Waals surface area contributed by atoms with Crippen LogP contribution >= 0.6 is 0 Å². The van der Waals surface area contributed by atoms with E-state index in [-0.39, 0.29) is 24.4 Å². The summed E-state index contributed by atoms with van der Waals surface area (Å²) in [5.74, 6) is 0.511. The minimum absolute atomic E-state index is 0.132. The fourth-order valence-corrected chi connectivity index (χ4v) is 4.32. The van der Waals surface area contributed by atoms with Gasteiger partial charge in [-0.3, -0.25) is 14.5 Å². The Balaban J connectivity index is 2.00. The fraction of sp³-hybridized carbons (Fsp3) is 0.842. The van der Waals surface area contributed by atoms with Crippen LogP contribution in [0.5, 0.6) is 0 Å². The molecule has 4 amide bonds. The molecule has 2 N–H and O–H groups in total. The van der Waals surface area contributed by atoms with Crippen molar-refractivity contribution in [3.05, 3.63) is 0 Å². The first-order valence-electron chi connectivity index (χ1n) is 9.78. The molecule has 1 saturated heterocycles. The number of carbonyl (C=O) groups excluding carboxylic acids is 3. The first kappa shape index (κ1) is 19.7. The van der Waals surface area contributed by atoms with Gasteiger partial charge < -0.3 is 10.6 Å². The highest BCUT2D eigenvalue weighted by Crippen LogP contribution is 2.30. The second-order valence-corrected chi connectivity index (χ2v) is 7.84. The van der Waals surface area contributed by atoms with Gasteiger partial charge in [0.25, 0.3) is 5.91 Å². The first-order valence-corrected chi connectivity index (χ1v) is 9.78. The SMILES string of the molecule is CCCC1(CCC)NC(=O)N(CC(=O)NC2CCCC(C)C2C)C1=O. The van der Waals surface area contributed by atoms with E-state index in [1.165, 1.54) is 6.42 Å². The summed E-state index contributed by atoms with van der Waals surface area (Å²) in [6.07, 6.45) is 6.11. The van der Waals surface area contributed by atoms with Gasteiger partial charge in [-0.05, 0) is 31.1 Å². The number of nitrogens with zero attached hydrogens (tertiary/aromatic N) is 1.